The zero-order valence-corrected chi connectivity index (χ0v) is 91.5. The molecule has 3 aliphatic heterocycles. The number of piperazine rings is 2. The van der Waals surface area contributed by atoms with Crippen LogP contribution in [0.15, 0.2) is 237 Å². The van der Waals surface area contributed by atoms with Gasteiger partial charge in [-0.3, -0.25) is 29.2 Å². The molecule has 3 fully saturated rings. The Morgan fingerprint density at radius 2 is 0.805 bits per heavy atom. The Hall–Kier alpha value is -13.9. The van der Waals surface area contributed by atoms with Gasteiger partial charge in [-0.15, -0.1) is 0 Å². The molecular weight excluding hydrogens is 2050 g/mol. The number of primary amides is 1. The maximum atomic E-state index is 12.8. The molecule has 0 atom stereocenters. The number of halogens is 4. The Bertz CT molecular complexity index is 7350. The van der Waals surface area contributed by atoms with Crippen LogP contribution in [-0.2, 0) is 27.8 Å². The number of nitrogens with two attached hydrogens (primary N) is 1. The van der Waals surface area contributed by atoms with Crippen LogP contribution in [0.25, 0.3) is 11.1 Å². The molecule has 2 amide bonds. The van der Waals surface area contributed by atoms with Gasteiger partial charge in [0.1, 0.15) is 88.9 Å². The van der Waals surface area contributed by atoms with Gasteiger partial charge in [-0.05, 0) is 211 Å². The van der Waals surface area contributed by atoms with E-state index in [0.717, 1.165) is 110 Å². The fraction of sp³-hybridized carbons (Fsp3) is 0.264. The number of nitrogens with zero attached hydrogens (tertiary/aromatic N) is 13. The Labute approximate surface area is 886 Å². The smallest absolute Gasteiger partial charge is 0.248 e. The molecule has 43 heteroatoms. The van der Waals surface area contributed by atoms with E-state index in [1.54, 1.807) is 131 Å². The minimum atomic E-state index is -2.53. The number of aromatic nitrogens is 9. The third-order valence-corrected chi connectivity index (χ3v) is 31.6. The van der Waals surface area contributed by atoms with Crippen LogP contribution in [0, 0.1) is 6.92 Å². The molecule has 0 unspecified atom stereocenters. The Kier molecular flexibility index (Phi) is 37.4. The number of ketones is 1. The van der Waals surface area contributed by atoms with Crippen LogP contribution < -0.4 is 108 Å². The highest BCUT2D eigenvalue weighted by Gasteiger charge is 2.31. The molecule has 17 rings (SSSR count). The predicted molar refractivity (Wildman–Crippen MR) is 605 cm³/mol. The molecule has 778 valence electrons. The lowest BCUT2D eigenvalue weighted by Gasteiger charge is -2.40. The highest BCUT2D eigenvalue weighted by molar-refractivity contribution is 7.71. The van der Waals surface area contributed by atoms with Gasteiger partial charge in [0.25, 0.3) is 0 Å². The van der Waals surface area contributed by atoms with Crippen molar-refractivity contribution in [3.05, 3.63) is 269 Å². The van der Waals surface area contributed by atoms with E-state index >= 15 is 0 Å². The maximum Gasteiger partial charge on any atom is 0.248 e. The second kappa shape index (κ2) is 50.4. The number of aryl methyl sites for hydroxylation is 1. The monoisotopic (exact) mass is 2170 g/mol. The fourth-order valence-corrected chi connectivity index (χ4v) is 21.8. The van der Waals surface area contributed by atoms with Crippen molar-refractivity contribution in [1.82, 2.24) is 60.0 Å². The van der Waals surface area contributed by atoms with Crippen molar-refractivity contribution >= 4 is 218 Å². The van der Waals surface area contributed by atoms with Gasteiger partial charge < -0.3 is 105 Å². The van der Waals surface area contributed by atoms with E-state index < -0.39 is 34.5 Å². The third kappa shape index (κ3) is 30.0. The first-order valence-electron chi connectivity index (χ1n) is 47.6. The summed E-state index contributed by atoms with van der Waals surface area (Å²) in [5.74, 6) is 6.44. The molecule has 5 aromatic heterocycles. The molecule has 8 heterocycles. The molecule has 0 aliphatic carbocycles. The van der Waals surface area contributed by atoms with Crippen molar-refractivity contribution in [2.45, 2.75) is 39.2 Å². The summed E-state index contributed by atoms with van der Waals surface area (Å²) in [4.78, 5) is 83.6. The lowest BCUT2D eigenvalue weighted by molar-refractivity contribution is -0.125. The van der Waals surface area contributed by atoms with Crippen LogP contribution in [0.5, 0.6) is 34.5 Å². The lowest BCUT2D eigenvalue weighted by atomic mass is 9.98. The predicted octanol–water partition coefficient (Wildman–Crippen LogP) is 21.3. The number of anilines is 18. The number of rotatable bonds is 34. The first kappa shape index (κ1) is 111. The molecule has 3 aliphatic rings. The quantitative estimate of drug-likeness (QED) is 0.0167. The van der Waals surface area contributed by atoms with Crippen molar-refractivity contribution < 1.29 is 56.3 Å². The highest BCUT2D eigenvalue weighted by Crippen LogP contribution is 2.46. The van der Waals surface area contributed by atoms with Gasteiger partial charge in [0.05, 0.1) is 118 Å². The van der Waals surface area contributed by atoms with Gasteiger partial charge in [-0.2, -0.15) is 19.9 Å². The summed E-state index contributed by atoms with van der Waals surface area (Å²) < 4.78 is 79.3. The Morgan fingerprint density at radius 3 is 1.18 bits per heavy atom. The number of hydrogen-bond acceptors (Lipinski definition) is 33. The van der Waals surface area contributed by atoms with Gasteiger partial charge >= 0.3 is 0 Å². The van der Waals surface area contributed by atoms with E-state index in [4.69, 9.17) is 75.8 Å². The normalized spacial score (nSPS) is 13.5. The second-order valence-electron chi connectivity index (χ2n) is 36.5. The molecule has 14 aromatic rings. The van der Waals surface area contributed by atoms with Crippen LogP contribution in [0.3, 0.4) is 0 Å². The van der Waals surface area contributed by atoms with Crippen molar-refractivity contribution in [2.75, 3.05) is 200 Å². The average molecular weight is 2170 g/mol. The molecule has 11 N–H and O–H groups in total. The number of pyridine rings is 1. The molecule has 0 bridgehead atoms. The fourth-order valence-electron chi connectivity index (χ4n) is 16.7. The Balaban J connectivity index is 0.000000157. The van der Waals surface area contributed by atoms with Gasteiger partial charge in [0.2, 0.25) is 35.6 Å². The van der Waals surface area contributed by atoms with E-state index in [2.05, 4.69) is 118 Å². The topological polar surface area (TPSA) is 429 Å². The number of methoxy groups -OCH3 is 4. The van der Waals surface area contributed by atoms with Gasteiger partial charge in [-0.1, -0.05) is 114 Å². The molecule has 3 saturated heterocycles. The molecule has 149 heavy (non-hydrogen) atoms. The summed E-state index contributed by atoms with van der Waals surface area (Å²) in [6, 6.07) is 61.9. The third-order valence-electron chi connectivity index (χ3n) is 24.3. The van der Waals surface area contributed by atoms with Gasteiger partial charge in [0, 0.05) is 127 Å². The number of carbonyl (C=O) groups is 3. The maximum absolute atomic E-state index is 12.8. The summed E-state index contributed by atoms with van der Waals surface area (Å²) in [5, 5.41) is 32.7. The van der Waals surface area contributed by atoms with Gasteiger partial charge in [0.15, 0.2) is 23.3 Å². The Morgan fingerprint density at radius 1 is 0.423 bits per heavy atom. The van der Waals surface area contributed by atoms with Crippen LogP contribution in [0.2, 0.25) is 20.1 Å². The van der Waals surface area contributed by atoms with E-state index in [-0.39, 0.29) is 11.7 Å². The van der Waals surface area contributed by atoms with Crippen molar-refractivity contribution in [3.8, 4) is 45.6 Å². The number of para-hydroxylation sites is 4. The number of benzene rings is 9. The lowest BCUT2D eigenvalue weighted by Crippen LogP contribution is -2.54. The van der Waals surface area contributed by atoms with Crippen LogP contribution in [0.1, 0.15) is 42.1 Å². The number of hydrogen-bond donors (Lipinski definition) is 10. The zero-order chi connectivity index (χ0) is 106. The minimum Gasteiger partial charge on any atom is -0.495 e. The van der Waals surface area contributed by atoms with Crippen LogP contribution in [-0.4, -0.2) is 226 Å². The first-order chi connectivity index (χ1) is 71.3. The summed E-state index contributed by atoms with van der Waals surface area (Å²) in [6.45, 7) is 25.5. The molecule has 0 saturated carbocycles. The van der Waals surface area contributed by atoms with Crippen molar-refractivity contribution in [3.63, 3.8) is 0 Å². The largest absolute Gasteiger partial charge is 0.495 e. The zero-order valence-electron chi connectivity index (χ0n) is 84.9. The van der Waals surface area contributed by atoms with Crippen LogP contribution >= 0.6 is 75.0 Å². The number of piperidine rings is 1. The minimum absolute atomic E-state index is 0.117. The van der Waals surface area contributed by atoms with E-state index in [0.29, 0.717) is 183 Å². The molecule has 9 aromatic carbocycles. The summed E-state index contributed by atoms with van der Waals surface area (Å²) in [5.41, 5.74) is 16.2. The molecule has 0 spiro atoms. The van der Waals surface area contributed by atoms with Crippen molar-refractivity contribution in [1.29, 1.82) is 0 Å². The number of carbonyl (C=O) groups excluding carboxylic acids is 3. The first-order valence-corrected chi connectivity index (χ1v) is 59.5. The number of nitrogens with one attached hydrogen (secondary N) is 9. The van der Waals surface area contributed by atoms with E-state index in [9.17, 15) is 32.6 Å². The average Bonchev–Trinajstić information content (AvgIpc) is 0.782. The SMILES string of the molecule is CCC(=O)CN1CCN(c2ccc(Nc3ncc(Cl)c(Nc4ccccc4P(C)(C)=O)n3)c(OC)c2)CC1.COc1cc(-c2ccc(C(N)=O)cc2)c(C)cc1Nc1ncc(Cl)c(Nc2ccccc2P(C)(C)=O)n1.COc1cc(N2CCC(N3CCNC(=O)C3)CC2)ccc1Nc1ncc(Cl)c(Nc2ccccc2P(C)(C)=O)n1.COc1cc(Oc2cccnc2)ccc1Nc1ncc(Cl)c(Nc2ccccc2P(C)(C)=O)n1. The number of amides is 2. The van der Waals surface area contributed by atoms with E-state index in [1.807, 2.05) is 172 Å². The molecule has 0 radical (unpaired) electrons. The second-order valence-corrected chi connectivity index (χ2v) is 50.8. The number of Topliss-reactive ketones (excluding diaryl/α,β-unsaturated/α-hetero) is 1. The summed E-state index contributed by atoms with van der Waals surface area (Å²) in [6.07, 6.45) is 11.9. The highest BCUT2D eigenvalue weighted by atomic mass is 35.5. The van der Waals surface area contributed by atoms with Gasteiger partial charge in [-0.25, -0.2) is 19.9 Å². The van der Waals surface area contributed by atoms with Crippen molar-refractivity contribution in [2.24, 2.45) is 5.73 Å². The van der Waals surface area contributed by atoms with Crippen LogP contribution in [0.4, 0.5) is 104 Å². The van der Waals surface area contributed by atoms with E-state index in [1.165, 1.54) is 24.8 Å². The summed E-state index contributed by atoms with van der Waals surface area (Å²) >= 11 is 25.5. The molecule has 35 nitrogen and oxygen atoms in total. The number of ether oxygens (including phenoxy) is 5. The molecular formula is C106H119Cl4N23O12P4. The summed E-state index contributed by atoms with van der Waals surface area (Å²) in [7, 11) is -3.67. The standard InChI is InChI=1S/C28H35ClN7O3P.C27H34ClN6O3P.C27H27ClN5O3P.C24H23ClN5O3P/c1-39-24-16-20(35-13-10-19(11-14-35)36-15-12-30-26(37)18-36)8-9-22(24)33-28-31-17-21(29)27(34-28)32-23-6-4-5-7-25(23)40(2,3)38;1-5-20(35)18-33-12-14-34(15-13-33)19-10-11-22(24(16-19)37-2)31-27-29-17-21(28)26(32-27)30-23-8-6-7-9-25(23)38(3,4)36;1-16-13-22(23(36-2)14-19(16)17-9-11-18(12-10-17)25(29)34)32-27-30-15-20(28)26(33-27)31-21-7-5-6-8-24(21)37(3,4)35;1-32-21-13-16(33-17-7-6-12-26-14-17)10-11-19(21)29-24-27-15-18(25)23(30-24)28-20-8-4-5-9-22(20)34(2,3)31/h4-9,16-17,19H,10-15,18H2,1-3H3,(H,30,37)(H2,31,32,33,34);6-11,16-17H,5,12-15,18H2,1-4H3,(H2,29,30,31,32);5-15H,1-4H3,(H2,29,34)(H2,30,31,32,33);4-15H,1-3H3,(H2,27,28,29,30).